The van der Waals surface area contributed by atoms with Crippen LogP contribution < -0.4 is 4.74 Å². The van der Waals surface area contributed by atoms with Crippen molar-refractivity contribution >= 4 is 28.9 Å². The lowest BCUT2D eigenvalue weighted by atomic mass is 10.1. The Kier molecular flexibility index (Phi) is 9.30. The van der Waals surface area contributed by atoms with Crippen molar-refractivity contribution in [3.8, 4) is 11.5 Å². The van der Waals surface area contributed by atoms with Gasteiger partial charge in [-0.25, -0.2) is 9.59 Å². The number of carboxylic acid groups (broad SMARTS) is 1. The molecule has 4 aromatic carbocycles. The summed E-state index contributed by atoms with van der Waals surface area (Å²) in [5.41, 5.74) is 2.08. The Morgan fingerprint density at radius 2 is 1.56 bits per heavy atom. The topological polar surface area (TPSA) is 96.3 Å². The van der Waals surface area contributed by atoms with E-state index >= 15 is 0 Å². The predicted molar refractivity (Wildman–Crippen MR) is 160 cm³/mol. The first kappa shape index (κ1) is 29.2. The fourth-order valence-electron chi connectivity index (χ4n) is 4.32. The Bertz CT molecular complexity index is 1510. The number of hydrogen-bond acceptors (Lipinski definition) is 5. The summed E-state index contributed by atoms with van der Waals surface area (Å²) in [7, 11) is 0. The number of aromatic carboxylic acids is 1. The first-order valence-electron chi connectivity index (χ1n) is 13.5. The highest BCUT2D eigenvalue weighted by molar-refractivity contribution is 5.88. The first-order chi connectivity index (χ1) is 19.6. The Morgan fingerprint density at radius 1 is 0.878 bits per heavy atom. The minimum Gasteiger partial charge on any atom is -0.508 e. The number of rotatable bonds is 10. The van der Waals surface area contributed by atoms with Crippen LogP contribution in [0.1, 0.15) is 42.3 Å². The average Bonchev–Trinajstić information content (AvgIpc) is 2.94. The molecule has 0 aliphatic carbocycles. The van der Waals surface area contributed by atoms with Crippen molar-refractivity contribution in [3.05, 3.63) is 113 Å². The highest BCUT2D eigenvalue weighted by Crippen LogP contribution is 2.26. The number of carbonyl (C=O) groups is 2. The third kappa shape index (κ3) is 8.60. The highest BCUT2D eigenvalue weighted by Gasteiger charge is 2.23. The second kappa shape index (κ2) is 13.0. The molecule has 0 heterocycles. The number of ether oxygens (including phenoxy) is 2. The third-order valence-corrected chi connectivity index (χ3v) is 6.34. The zero-order chi connectivity index (χ0) is 29.4. The third-order valence-electron chi connectivity index (χ3n) is 6.34. The van der Waals surface area contributed by atoms with Crippen LogP contribution in [0.2, 0.25) is 0 Å². The molecule has 4 rings (SSSR count). The zero-order valence-corrected chi connectivity index (χ0v) is 23.5. The molecule has 0 saturated carbocycles. The lowest BCUT2D eigenvalue weighted by molar-refractivity contribution is 0.0266. The molecular weight excluding hydrogens is 518 g/mol. The average molecular weight is 554 g/mol. The van der Waals surface area contributed by atoms with Crippen LogP contribution in [-0.2, 0) is 11.2 Å². The summed E-state index contributed by atoms with van der Waals surface area (Å²) < 4.78 is 12.0. The molecule has 212 valence electrons. The van der Waals surface area contributed by atoms with E-state index in [0.29, 0.717) is 13.0 Å². The summed E-state index contributed by atoms with van der Waals surface area (Å²) in [6, 6.07) is 27.3. The summed E-state index contributed by atoms with van der Waals surface area (Å²) in [6.07, 6.45) is 2.02. The molecule has 2 N–H and O–H groups in total. The zero-order valence-electron chi connectivity index (χ0n) is 23.5. The first-order valence-corrected chi connectivity index (χ1v) is 13.5. The van der Waals surface area contributed by atoms with Crippen LogP contribution in [0, 0.1) is 0 Å². The maximum atomic E-state index is 13.3. The van der Waals surface area contributed by atoms with Gasteiger partial charge >= 0.3 is 12.1 Å². The van der Waals surface area contributed by atoms with Gasteiger partial charge in [0.05, 0.1) is 5.56 Å². The van der Waals surface area contributed by atoms with Crippen LogP contribution in [0.25, 0.3) is 16.8 Å². The van der Waals surface area contributed by atoms with Gasteiger partial charge in [0, 0.05) is 18.5 Å². The van der Waals surface area contributed by atoms with E-state index in [1.807, 2.05) is 81.4 Å². The molecule has 1 amide bonds. The number of phenols is 1. The van der Waals surface area contributed by atoms with Gasteiger partial charge < -0.3 is 24.6 Å². The molecule has 0 aliphatic heterocycles. The van der Waals surface area contributed by atoms with Crippen LogP contribution in [0.15, 0.2) is 96.6 Å². The fourth-order valence-corrected chi connectivity index (χ4v) is 4.32. The molecule has 4 aromatic rings. The van der Waals surface area contributed by atoms with Crippen molar-refractivity contribution in [2.75, 3.05) is 19.7 Å². The molecule has 0 spiro atoms. The monoisotopic (exact) mass is 553 g/mol. The molecule has 0 saturated heterocycles. The number of phenolic OH excluding ortho intramolecular Hbond substituents is 1. The maximum absolute atomic E-state index is 13.3. The van der Waals surface area contributed by atoms with E-state index in [-0.39, 0.29) is 24.5 Å². The summed E-state index contributed by atoms with van der Waals surface area (Å²) in [6.45, 7) is 6.29. The van der Waals surface area contributed by atoms with E-state index in [0.717, 1.165) is 33.2 Å². The second-order valence-electron chi connectivity index (χ2n) is 10.8. The summed E-state index contributed by atoms with van der Waals surface area (Å²) in [5.74, 6) is -0.0871. The van der Waals surface area contributed by atoms with Crippen molar-refractivity contribution in [1.82, 2.24) is 4.90 Å². The van der Waals surface area contributed by atoms with Gasteiger partial charge in [0.2, 0.25) is 0 Å². The summed E-state index contributed by atoms with van der Waals surface area (Å²) >= 11 is 0. The lowest BCUT2D eigenvalue weighted by Gasteiger charge is -2.28. The SMILES string of the molecule is CC(C)(C)OC(=O)N(CCc1ccc(O)cc1)C/C(=C\c1ccc(C(=O)O)cc1)COc1cccc2ccccc12. The van der Waals surface area contributed by atoms with Crippen molar-refractivity contribution in [3.63, 3.8) is 0 Å². The van der Waals surface area contributed by atoms with Gasteiger partial charge in [-0.05, 0) is 79.6 Å². The van der Waals surface area contributed by atoms with Gasteiger partial charge in [-0.15, -0.1) is 0 Å². The van der Waals surface area contributed by atoms with Crippen molar-refractivity contribution in [2.45, 2.75) is 32.8 Å². The molecule has 0 aromatic heterocycles. The number of fused-ring (bicyclic) bond motifs is 1. The number of hydrogen-bond donors (Lipinski definition) is 2. The molecule has 41 heavy (non-hydrogen) atoms. The predicted octanol–water partition coefficient (Wildman–Crippen LogP) is 7.19. The number of nitrogens with zero attached hydrogens (tertiary/aromatic N) is 1. The molecule has 0 bridgehead atoms. The molecule has 7 nitrogen and oxygen atoms in total. The smallest absolute Gasteiger partial charge is 0.410 e. The standard InChI is InChI=1S/C34H35NO6/c1-34(2,3)41-33(39)35(20-19-24-13-17-29(36)18-14-24)22-26(21-25-11-15-28(16-12-25)32(37)38)23-40-31-10-6-8-27-7-4-5-9-30(27)31/h4-18,21,36H,19-20,22-23H2,1-3H3,(H,37,38)/b26-21+. The van der Waals surface area contributed by atoms with Crippen LogP contribution in [-0.4, -0.2) is 52.5 Å². The van der Waals surface area contributed by atoms with E-state index in [1.54, 1.807) is 41.3 Å². The fraction of sp³-hybridized carbons (Fsp3) is 0.235. The van der Waals surface area contributed by atoms with Crippen molar-refractivity contribution in [1.29, 1.82) is 0 Å². The Labute approximate surface area is 240 Å². The second-order valence-corrected chi connectivity index (χ2v) is 10.8. The van der Waals surface area contributed by atoms with Crippen LogP contribution >= 0.6 is 0 Å². The summed E-state index contributed by atoms with van der Waals surface area (Å²) in [4.78, 5) is 26.3. The van der Waals surface area contributed by atoms with Crippen molar-refractivity contribution in [2.24, 2.45) is 0 Å². The largest absolute Gasteiger partial charge is 0.508 e. The van der Waals surface area contributed by atoms with Gasteiger partial charge in [-0.1, -0.05) is 66.7 Å². The number of carboxylic acids is 1. The number of amides is 1. The number of carbonyl (C=O) groups excluding carboxylic acids is 1. The van der Waals surface area contributed by atoms with E-state index < -0.39 is 17.7 Å². The molecule has 0 unspecified atom stereocenters. The minimum atomic E-state index is -0.995. The van der Waals surface area contributed by atoms with E-state index in [9.17, 15) is 19.8 Å². The molecule has 0 radical (unpaired) electrons. The van der Waals surface area contributed by atoms with Gasteiger partial charge in [0.1, 0.15) is 23.7 Å². The minimum absolute atomic E-state index is 0.183. The molecule has 0 aliphatic rings. The Morgan fingerprint density at radius 3 is 2.24 bits per heavy atom. The molecule has 0 atom stereocenters. The van der Waals surface area contributed by atoms with Crippen LogP contribution in [0.4, 0.5) is 4.79 Å². The van der Waals surface area contributed by atoms with Crippen LogP contribution in [0.3, 0.4) is 0 Å². The maximum Gasteiger partial charge on any atom is 0.410 e. The normalized spacial score (nSPS) is 11.7. The molecule has 7 heteroatoms. The number of aromatic hydroxyl groups is 1. The summed E-state index contributed by atoms with van der Waals surface area (Å²) in [5, 5.41) is 21.0. The van der Waals surface area contributed by atoms with Crippen molar-refractivity contribution < 1.29 is 29.3 Å². The molecular formula is C34H35NO6. The number of benzene rings is 4. The van der Waals surface area contributed by atoms with Gasteiger partial charge in [0.25, 0.3) is 0 Å². The van der Waals surface area contributed by atoms with E-state index in [1.165, 1.54) is 0 Å². The van der Waals surface area contributed by atoms with E-state index in [2.05, 4.69) is 0 Å². The molecule has 0 fully saturated rings. The quantitative estimate of drug-likeness (QED) is 0.216. The van der Waals surface area contributed by atoms with E-state index in [4.69, 9.17) is 9.47 Å². The Balaban J connectivity index is 1.62. The van der Waals surface area contributed by atoms with Gasteiger partial charge in [0.15, 0.2) is 0 Å². The van der Waals surface area contributed by atoms with Crippen LogP contribution in [0.5, 0.6) is 11.5 Å². The van der Waals surface area contributed by atoms with Gasteiger partial charge in [-0.3, -0.25) is 0 Å². The van der Waals surface area contributed by atoms with Gasteiger partial charge in [-0.2, -0.15) is 0 Å². The Hall–Kier alpha value is -4.78. The lowest BCUT2D eigenvalue weighted by Crippen LogP contribution is -2.39. The highest BCUT2D eigenvalue weighted by atomic mass is 16.6.